The van der Waals surface area contributed by atoms with Gasteiger partial charge in [-0.05, 0) is 42.2 Å². The number of esters is 1. The molecular weight excluding hydrogens is 264 g/mol. The van der Waals surface area contributed by atoms with E-state index in [1.807, 2.05) is 6.92 Å². The molecule has 0 amide bonds. The van der Waals surface area contributed by atoms with Crippen LogP contribution in [0.5, 0.6) is 0 Å². The summed E-state index contributed by atoms with van der Waals surface area (Å²) >= 11 is 5.58. The van der Waals surface area contributed by atoms with Crippen LogP contribution in [0.15, 0.2) is 0 Å². The smallest absolute Gasteiger partial charge is 0.320 e. The molecule has 3 nitrogen and oxygen atoms in total. The van der Waals surface area contributed by atoms with Crippen LogP contribution < -0.4 is 0 Å². The molecule has 0 aliphatic rings. The van der Waals surface area contributed by atoms with E-state index in [9.17, 15) is 9.59 Å². The van der Waals surface area contributed by atoms with Crippen molar-refractivity contribution < 1.29 is 14.3 Å². The van der Waals surface area contributed by atoms with Crippen LogP contribution in [0.4, 0.5) is 0 Å². The van der Waals surface area contributed by atoms with Gasteiger partial charge in [0.05, 0.1) is 6.61 Å². The van der Waals surface area contributed by atoms with E-state index in [0.29, 0.717) is 19.4 Å². The fourth-order valence-corrected chi connectivity index (χ4v) is 2.70. The predicted octanol–water partition coefficient (Wildman–Crippen LogP) is 4.17. The number of hydrogen-bond acceptors (Lipinski definition) is 3. The van der Waals surface area contributed by atoms with E-state index >= 15 is 0 Å². The van der Waals surface area contributed by atoms with Crippen molar-refractivity contribution in [3.8, 4) is 0 Å². The Bertz CT molecular complexity index is 314. The third-order valence-electron chi connectivity index (χ3n) is 3.43. The minimum atomic E-state index is -1.18. The standard InChI is InChI=1S/C15H27ClO3/c1-7-15(8-2,12(16)17)13(18)19-10-11(3)9-14(4,5)6/h11H,7-10H2,1-6H3. The second-order valence-electron chi connectivity index (χ2n) is 6.53. The molecule has 0 aromatic heterocycles. The van der Waals surface area contributed by atoms with Gasteiger partial charge in [0, 0.05) is 0 Å². The van der Waals surface area contributed by atoms with Crippen molar-refractivity contribution in [3.63, 3.8) is 0 Å². The van der Waals surface area contributed by atoms with Crippen LogP contribution in [0, 0.1) is 16.7 Å². The Kier molecular flexibility index (Phi) is 7.06. The lowest BCUT2D eigenvalue weighted by Gasteiger charge is -2.27. The zero-order valence-corrected chi connectivity index (χ0v) is 13.8. The summed E-state index contributed by atoms with van der Waals surface area (Å²) in [6, 6.07) is 0. The number of halogens is 1. The van der Waals surface area contributed by atoms with E-state index in [1.54, 1.807) is 13.8 Å². The molecule has 4 heteroatoms. The number of carbonyl (C=O) groups excluding carboxylic acids is 2. The molecular formula is C15H27ClO3. The first-order valence-corrected chi connectivity index (χ1v) is 7.34. The lowest BCUT2D eigenvalue weighted by atomic mass is 9.83. The first-order valence-electron chi connectivity index (χ1n) is 6.96. The highest BCUT2D eigenvalue weighted by Gasteiger charge is 2.43. The Morgan fingerprint density at radius 3 is 1.95 bits per heavy atom. The minimum Gasteiger partial charge on any atom is -0.465 e. The second-order valence-corrected chi connectivity index (χ2v) is 6.87. The predicted molar refractivity (Wildman–Crippen MR) is 78.1 cm³/mol. The zero-order chi connectivity index (χ0) is 15.3. The van der Waals surface area contributed by atoms with E-state index in [4.69, 9.17) is 16.3 Å². The van der Waals surface area contributed by atoms with Crippen molar-refractivity contribution in [2.24, 2.45) is 16.7 Å². The summed E-state index contributed by atoms with van der Waals surface area (Å²) in [7, 11) is 0. The molecule has 0 saturated carbocycles. The van der Waals surface area contributed by atoms with E-state index in [-0.39, 0.29) is 11.3 Å². The Morgan fingerprint density at radius 1 is 1.16 bits per heavy atom. The Labute approximate surface area is 122 Å². The van der Waals surface area contributed by atoms with E-state index in [2.05, 4.69) is 20.8 Å². The summed E-state index contributed by atoms with van der Waals surface area (Å²) in [5.41, 5.74) is -0.982. The molecule has 1 unspecified atom stereocenters. The maximum atomic E-state index is 12.1. The third kappa shape index (κ3) is 5.52. The van der Waals surface area contributed by atoms with Gasteiger partial charge in [-0.1, -0.05) is 41.5 Å². The molecule has 0 bridgehead atoms. The molecule has 0 aromatic carbocycles. The normalized spacial score (nSPS) is 14.1. The van der Waals surface area contributed by atoms with Gasteiger partial charge in [-0.15, -0.1) is 0 Å². The summed E-state index contributed by atoms with van der Waals surface area (Å²) in [6.07, 6.45) is 1.71. The van der Waals surface area contributed by atoms with Gasteiger partial charge in [-0.2, -0.15) is 0 Å². The molecule has 0 aromatic rings. The van der Waals surface area contributed by atoms with Crippen molar-refractivity contribution in [2.45, 2.75) is 60.8 Å². The van der Waals surface area contributed by atoms with Crippen molar-refractivity contribution in [1.82, 2.24) is 0 Å². The van der Waals surface area contributed by atoms with Crippen LogP contribution in [0.1, 0.15) is 60.8 Å². The molecule has 0 spiro atoms. The molecule has 0 aliphatic carbocycles. The largest absolute Gasteiger partial charge is 0.465 e. The van der Waals surface area contributed by atoms with E-state index in [1.165, 1.54) is 0 Å². The van der Waals surface area contributed by atoms with Crippen molar-refractivity contribution in [3.05, 3.63) is 0 Å². The van der Waals surface area contributed by atoms with Gasteiger partial charge in [0.1, 0.15) is 5.41 Å². The number of hydrogen-bond donors (Lipinski definition) is 0. The number of rotatable bonds is 7. The highest BCUT2D eigenvalue weighted by Crippen LogP contribution is 2.32. The van der Waals surface area contributed by atoms with Crippen LogP contribution in [0.3, 0.4) is 0 Å². The molecule has 0 aliphatic heterocycles. The fraction of sp³-hybridized carbons (Fsp3) is 0.867. The highest BCUT2D eigenvalue weighted by molar-refractivity contribution is 6.66. The summed E-state index contributed by atoms with van der Waals surface area (Å²) in [5, 5.41) is -0.619. The molecule has 0 N–H and O–H groups in total. The summed E-state index contributed by atoms with van der Waals surface area (Å²) in [5.74, 6) is -0.223. The zero-order valence-electron chi connectivity index (χ0n) is 13.0. The van der Waals surface area contributed by atoms with Crippen molar-refractivity contribution in [2.75, 3.05) is 6.61 Å². The van der Waals surface area contributed by atoms with Crippen molar-refractivity contribution >= 4 is 22.8 Å². The van der Waals surface area contributed by atoms with Crippen LogP contribution in [-0.2, 0) is 14.3 Å². The van der Waals surface area contributed by atoms with Crippen LogP contribution in [0.2, 0.25) is 0 Å². The van der Waals surface area contributed by atoms with Gasteiger partial charge >= 0.3 is 5.97 Å². The van der Waals surface area contributed by atoms with E-state index < -0.39 is 16.6 Å². The monoisotopic (exact) mass is 290 g/mol. The molecule has 0 fully saturated rings. The molecule has 0 rings (SSSR count). The van der Waals surface area contributed by atoms with Gasteiger partial charge in [0.15, 0.2) is 0 Å². The average Bonchev–Trinajstić information content (AvgIpc) is 2.26. The van der Waals surface area contributed by atoms with Gasteiger partial charge in [-0.25, -0.2) is 0 Å². The summed E-state index contributed by atoms with van der Waals surface area (Å²) < 4.78 is 5.31. The SMILES string of the molecule is CCC(CC)(C(=O)Cl)C(=O)OCC(C)CC(C)(C)C. The average molecular weight is 291 g/mol. The quantitative estimate of drug-likeness (QED) is 0.401. The minimum absolute atomic E-state index is 0.195. The van der Waals surface area contributed by atoms with E-state index in [0.717, 1.165) is 6.42 Å². The summed E-state index contributed by atoms with van der Waals surface area (Å²) in [6.45, 7) is 12.4. The van der Waals surface area contributed by atoms with Gasteiger partial charge in [0.25, 0.3) is 0 Å². The highest BCUT2D eigenvalue weighted by atomic mass is 35.5. The molecule has 1 atom stereocenters. The lowest BCUT2D eigenvalue weighted by Crippen LogP contribution is -2.38. The summed E-state index contributed by atoms with van der Waals surface area (Å²) in [4.78, 5) is 23.6. The maximum Gasteiger partial charge on any atom is 0.320 e. The lowest BCUT2D eigenvalue weighted by molar-refractivity contribution is -0.160. The van der Waals surface area contributed by atoms with Gasteiger partial charge in [-0.3, -0.25) is 9.59 Å². The molecule has 0 radical (unpaired) electrons. The fourth-order valence-electron chi connectivity index (χ4n) is 2.36. The number of ether oxygens (including phenoxy) is 1. The Hall–Kier alpha value is -0.570. The van der Waals surface area contributed by atoms with Crippen LogP contribution in [0.25, 0.3) is 0 Å². The van der Waals surface area contributed by atoms with Crippen LogP contribution in [-0.4, -0.2) is 17.8 Å². The molecule has 0 heterocycles. The molecule has 112 valence electrons. The first kappa shape index (κ1) is 18.4. The van der Waals surface area contributed by atoms with Crippen molar-refractivity contribution in [1.29, 1.82) is 0 Å². The molecule has 19 heavy (non-hydrogen) atoms. The maximum absolute atomic E-state index is 12.1. The Balaban J connectivity index is 4.56. The first-order chi connectivity index (χ1) is 8.59. The van der Waals surface area contributed by atoms with Crippen LogP contribution >= 0.6 is 11.6 Å². The third-order valence-corrected chi connectivity index (χ3v) is 3.80. The van der Waals surface area contributed by atoms with Gasteiger partial charge in [0.2, 0.25) is 5.24 Å². The Morgan fingerprint density at radius 2 is 1.63 bits per heavy atom. The topological polar surface area (TPSA) is 43.4 Å². The number of carbonyl (C=O) groups is 2. The second kappa shape index (κ2) is 7.28. The van der Waals surface area contributed by atoms with Gasteiger partial charge < -0.3 is 4.74 Å². The molecule has 0 saturated heterocycles.